The summed E-state index contributed by atoms with van der Waals surface area (Å²) in [6, 6.07) is 0.504. The van der Waals surface area contributed by atoms with Crippen LogP contribution in [0.15, 0.2) is 0 Å². The maximum absolute atomic E-state index is 12.3. The minimum Gasteiger partial charge on any atom is -0.341 e. The highest BCUT2D eigenvalue weighted by molar-refractivity contribution is 5.85. The van der Waals surface area contributed by atoms with Gasteiger partial charge in [0, 0.05) is 25.7 Å². The van der Waals surface area contributed by atoms with E-state index in [2.05, 4.69) is 23.6 Å². The van der Waals surface area contributed by atoms with E-state index in [0.29, 0.717) is 30.3 Å². The van der Waals surface area contributed by atoms with E-state index in [1.807, 2.05) is 0 Å². The summed E-state index contributed by atoms with van der Waals surface area (Å²) in [6.45, 7) is 8.67. The van der Waals surface area contributed by atoms with E-state index < -0.39 is 0 Å². The number of likely N-dealkylation sites (tertiary alicyclic amines) is 2. The fourth-order valence-corrected chi connectivity index (χ4v) is 3.30. The molecule has 0 saturated carbocycles. The van der Waals surface area contributed by atoms with Crippen LogP contribution < -0.4 is 5.73 Å². The van der Waals surface area contributed by atoms with Crippen LogP contribution in [0.3, 0.4) is 0 Å². The molecule has 2 aliphatic heterocycles. The molecule has 0 aromatic rings. The van der Waals surface area contributed by atoms with Gasteiger partial charge in [-0.2, -0.15) is 0 Å². The quantitative estimate of drug-likeness (QED) is 0.853. The second kappa shape index (κ2) is 7.46. The Kier molecular flexibility index (Phi) is 6.57. The maximum atomic E-state index is 12.3. The van der Waals surface area contributed by atoms with Crippen molar-refractivity contribution in [2.45, 2.75) is 39.2 Å². The Hall–Kier alpha value is -0.320. The van der Waals surface area contributed by atoms with Crippen LogP contribution in [-0.4, -0.2) is 54.5 Å². The van der Waals surface area contributed by atoms with E-state index >= 15 is 0 Å². The molecule has 0 radical (unpaired) electrons. The summed E-state index contributed by atoms with van der Waals surface area (Å²) in [6.07, 6.45) is 3.56. The molecule has 112 valence electrons. The van der Waals surface area contributed by atoms with Gasteiger partial charge in [-0.15, -0.1) is 12.4 Å². The number of amides is 1. The van der Waals surface area contributed by atoms with Gasteiger partial charge in [-0.3, -0.25) is 9.69 Å². The van der Waals surface area contributed by atoms with Gasteiger partial charge in [0.15, 0.2) is 0 Å². The first-order valence-corrected chi connectivity index (χ1v) is 7.32. The van der Waals surface area contributed by atoms with Crippen LogP contribution in [0, 0.1) is 11.8 Å². The zero-order chi connectivity index (χ0) is 13.1. The minimum absolute atomic E-state index is 0. The first kappa shape index (κ1) is 16.7. The second-order valence-electron chi connectivity index (χ2n) is 6.20. The Labute approximate surface area is 123 Å². The number of halogens is 1. The van der Waals surface area contributed by atoms with Gasteiger partial charge in [0.05, 0.1) is 6.54 Å². The molecular formula is C14H28ClN3O. The van der Waals surface area contributed by atoms with Gasteiger partial charge in [-0.1, -0.05) is 6.92 Å². The van der Waals surface area contributed by atoms with Gasteiger partial charge in [0.25, 0.3) is 0 Å². The predicted molar refractivity (Wildman–Crippen MR) is 80.4 cm³/mol. The van der Waals surface area contributed by atoms with Crippen molar-refractivity contribution in [3.05, 3.63) is 0 Å². The van der Waals surface area contributed by atoms with Crippen LogP contribution in [0.1, 0.15) is 33.1 Å². The Bertz CT molecular complexity index is 300. The van der Waals surface area contributed by atoms with Crippen molar-refractivity contribution in [2.75, 3.05) is 32.7 Å². The number of nitrogens with two attached hydrogens (primary N) is 1. The number of hydrogen-bond acceptors (Lipinski definition) is 3. The van der Waals surface area contributed by atoms with Gasteiger partial charge >= 0.3 is 0 Å². The van der Waals surface area contributed by atoms with Crippen LogP contribution in [-0.2, 0) is 4.79 Å². The molecule has 2 rings (SSSR count). The lowest BCUT2D eigenvalue weighted by molar-refractivity contribution is -0.134. The molecule has 0 aromatic heterocycles. The summed E-state index contributed by atoms with van der Waals surface area (Å²) < 4.78 is 0. The van der Waals surface area contributed by atoms with Crippen molar-refractivity contribution in [2.24, 2.45) is 17.6 Å². The Balaban J connectivity index is 0.00000180. The van der Waals surface area contributed by atoms with E-state index in [1.54, 1.807) is 0 Å². The molecule has 2 saturated heterocycles. The third kappa shape index (κ3) is 4.33. The van der Waals surface area contributed by atoms with E-state index in [-0.39, 0.29) is 12.4 Å². The highest BCUT2D eigenvalue weighted by Crippen LogP contribution is 2.22. The summed E-state index contributed by atoms with van der Waals surface area (Å²) in [4.78, 5) is 16.7. The fraction of sp³-hybridized carbons (Fsp3) is 0.929. The van der Waals surface area contributed by atoms with Crippen LogP contribution >= 0.6 is 12.4 Å². The largest absolute Gasteiger partial charge is 0.341 e. The van der Waals surface area contributed by atoms with Crippen molar-refractivity contribution in [3.63, 3.8) is 0 Å². The summed E-state index contributed by atoms with van der Waals surface area (Å²) >= 11 is 0. The molecule has 1 amide bonds. The SMILES string of the molecule is CC1CCCN(C(=O)CN2CC(CN)CC2C)C1.Cl. The van der Waals surface area contributed by atoms with Crippen molar-refractivity contribution >= 4 is 18.3 Å². The zero-order valence-corrected chi connectivity index (χ0v) is 13.0. The topological polar surface area (TPSA) is 49.6 Å². The lowest BCUT2D eigenvalue weighted by Crippen LogP contribution is -2.45. The molecule has 2 aliphatic rings. The average molecular weight is 290 g/mol. The number of nitrogens with zero attached hydrogens (tertiary/aromatic N) is 2. The van der Waals surface area contributed by atoms with Crippen LogP contribution in [0.4, 0.5) is 0 Å². The highest BCUT2D eigenvalue weighted by atomic mass is 35.5. The first-order valence-electron chi connectivity index (χ1n) is 7.32. The first-order chi connectivity index (χ1) is 8.60. The Morgan fingerprint density at radius 1 is 1.32 bits per heavy atom. The van der Waals surface area contributed by atoms with Gasteiger partial charge in [0.2, 0.25) is 5.91 Å². The van der Waals surface area contributed by atoms with E-state index in [4.69, 9.17) is 5.73 Å². The lowest BCUT2D eigenvalue weighted by Gasteiger charge is -2.33. The standard InChI is InChI=1S/C14H27N3O.ClH/c1-11-4-3-5-16(8-11)14(18)10-17-9-13(7-15)6-12(17)2;/h11-13H,3-10,15H2,1-2H3;1H. The van der Waals surface area contributed by atoms with Crippen molar-refractivity contribution < 1.29 is 4.79 Å². The predicted octanol–water partition coefficient (Wildman–Crippen LogP) is 1.34. The smallest absolute Gasteiger partial charge is 0.236 e. The van der Waals surface area contributed by atoms with E-state index in [0.717, 1.165) is 39.0 Å². The molecule has 0 bridgehead atoms. The second-order valence-corrected chi connectivity index (χ2v) is 6.20. The molecule has 3 atom stereocenters. The molecule has 19 heavy (non-hydrogen) atoms. The van der Waals surface area contributed by atoms with Crippen molar-refractivity contribution in [1.29, 1.82) is 0 Å². The third-order valence-corrected chi connectivity index (χ3v) is 4.47. The molecule has 3 unspecified atom stereocenters. The molecule has 5 heteroatoms. The summed E-state index contributed by atoms with van der Waals surface area (Å²) in [7, 11) is 0. The molecule has 0 aliphatic carbocycles. The normalized spacial score (nSPS) is 32.2. The summed E-state index contributed by atoms with van der Waals surface area (Å²) in [5.41, 5.74) is 5.73. The number of carbonyl (C=O) groups excluding carboxylic acids is 1. The number of piperidine rings is 1. The maximum Gasteiger partial charge on any atom is 0.236 e. The molecule has 4 nitrogen and oxygen atoms in total. The van der Waals surface area contributed by atoms with Crippen molar-refractivity contribution in [1.82, 2.24) is 9.80 Å². The Morgan fingerprint density at radius 3 is 2.63 bits per heavy atom. The molecule has 2 fully saturated rings. The minimum atomic E-state index is 0. The monoisotopic (exact) mass is 289 g/mol. The van der Waals surface area contributed by atoms with Gasteiger partial charge in [-0.05, 0) is 44.6 Å². The highest BCUT2D eigenvalue weighted by Gasteiger charge is 2.31. The van der Waals surface area contributed by atoms with Gasteiger partial charge < -0.3 is 10.6 Å². The van der Waals surface area contributed by atoms with E-state index in [9.17, 15) is 4.79 Å². The van der Waals surface area contributed by atoms with Crippen LogP contribution in [0.25, 0.3) is 0 Å². The molecule has 0 spiro atoms. The fourth-order valence-electron chi connectivity index (χ4n) is 3.30. The Morgan fingerprint density at radius 2 is 2.05 bits per heavy atom. The molecule has 2 heterocycles. The summed E-state index contributed by atoms with van der Waals surface area (Å²) in [5, 5.41) is 0. The third-order valence-electron chi connectivity index (χ3n) is 4.47. The average Bonchev–Trinajstić information content (AvgIpc) is 2.70. The molecule has 2 N–H and O–H groups in total. The van der Waals surface area contributed by atoms with Gasteiger partial charge in [-0.25, -0.2) is 0 Å². The molecule has 0 aromatic carbocycles. The van der Waals surface area contributed by atoms with Crippen LogP contribution in [0.5, 0.6) is 0 Å². The number of rotatable bonds is 3. The lowest BCUT2D eigenvalue weighted by atomic mass is 10.0. The summed E-state index contributed by atoms with van der Waals surface area (Å²) in [5.74, 6) is 1.55. The number of hydrogen-bond donors (Lipinski definition) is 1. The van der Waals surface area contributed by atoms with Crippen molar-refractivity contribution in [3.8, 4) is 0 Å². The van der Waals surface area contributed by atoms with Gasteiger partial charge in [0.1, 0.15) is 0 Å². The molecular weight excluding hydrogens is 262 g/mol. The number of carbonyl (C=O) groups is 1. The van der Waals surface area contributed by atoms with Crippen LogP contribution in [0.2, 0.25) is 0 Å². The van der Waals surface area contributed by atoms with E-state index in [1.165, 1.54) is 6.42 Å². The zero-order valence-electron chi connectivity index (χ0n) is 12.2.